The highest BCUT2D eigenvalue weighted by Gasteiger charge is 2.36. The van der Waals surface area contributed by atoms with Gasteiger partial charge in [-0.1, -0.05) is 12.1 Å². The summed E-state index contributed by atoms with van der Waals surface area (Å²) in [7, 11) is 0. The van der Waals surface area contributed by atoms with Crippen LogP contribution in [0.1, 0.15) is 20.3 Å². The first-order valence-corrected chi connectivity index (χ1v) is 9.28. The van der Waals surface area contributed by atoms with Crippen LogP contribution < -0.4 is 24.4 Å². The predicted molar refractivity (Wildman–Crippen MR) is 104 cm³/mol. The number of ether oxygens (including phenoxy) is 3. The maximum Gasteiger partial charge on any atom is 0.231 e. The van der Waals surface area contributed by atoms with Crippen molar-refractivity contribution in [3.05, 3.63) is 42.5 Å². The molecule has 4 rings (SSSR count). The van der Waals surface area contributed by atoms with Crippen LogP contribution in [0.15, 0.2) is 42.5 Å². The summed E-state index contributed by atoms with van der Waals surface area (Å²) in [5.74, 6) is 1.15. The summed E-state index contributed by atoms with van der Waals surface area (Å²) < 4.78 is 16.4. The van der Waals surface area contributed by atoms with Gasteiger partial charge in [0.15, 0.2) is 11.5 Å². The molecule has 2 aliphatic rings. The van der Waals surface area contributed by atoms with E-state index in [1.807, 2.05) is 32.0 Å². The summed E-state index contributed by atoms with van der Waals surface area (Å²) in [5, 5.41) is 2.90. The largest absolute Gasteiger partial charge is 0.489 e. The van der Waals surface area contributed by atoms with Crippen molar-refractivity contribution in [2.75, 3.05) is 23.6 Å². The quantitative estimate of drug-likeness (QED) is 0.859. The molecule has 2 heterocycles. The summed E-state index contributed by atoms with van der Waals surface area (Å²) in [4.78, 5) is 26.9. The maximum absolute atomic E-state index is 12.8. The van der Waals surface area contributed by atoms with E-state index in [0.717, 1.165) is 0 Å². The normalized spacial score (nSPS) is 17.9. The Morgan fingerprint density at radius 3 is 2.79 bits per heavy atom. The molecular formula is C21H22N2O5. The molecule has 0 radical (unpaired) electrons. The highest BCUT2D eigenvalue weighted by atomic mass is 16.7. The molecule has 2 aromatic rings. The molecule has 0 aromatic heterocycles. The van der Waals surface area contributed by atoms with Crippen LogP contribution in [-0.4, -0.2) is 31.3 Å². The van der Waals surface area contributed by atoms with Gasteiger partial charge in [0, 0.05) is 24.7 Å². The van der Waals surface area contributed by atoms with E-state index in [9.17, 15) is 9.59 Å². The number of nitrogens with zero attached hydrogens (tertiary/aromatic N) is 1. The van der Waals surface area contributed by atoms with Gasteiger partial charge in [-0.2, -0.15) is 0 Å². The molecule has 1 N–H and O–H groups in total. The van der Waals surface area contributed by atoms with Crippen LogP contribution >= 0.6 is 0 Å². The van der Waals surface area contributed by atoms with Crippen molar-refractivity contribution in [2.24, 2.45) is 5.92 Å². The SMILES string of the molecule is CC(C)Oc1ccccc1NC(=O)C1CC(=O)N(c2ccc3c(c2)OCO3)C1. The lowest BCUT2D eigenvalue weighted by Gasteiger charge is -2.18. The molecule has 1 fully saturated rings. The van der Waals surface area contributed by atoms with Crippen molar-refractivity contribution in [2.45, 2.75) is 26.4 Å². The van der Waals surface area contributed by atoms with E-state index in [1.165, 1.54) is 0 Å². The molecule has 2 aliphatic heterocycles. The number of hydrogen-bond acceptors (Lipinski definition) is 5. The molecule has 0 saturated carbocycles. The van der Waals surface area contributed by atoms with Crippen LogP contribution in [-0.2, 0) is 9.59 Å². The fraction of sp³-hybridized carbons (Fsp3) is 0.333. The Kier molecular flexibility index (Phi) is 4.81. The Labute approximate surface area is 163 Å². The molecule has 146 valence electrons. The minimum absolute atomic E-state index is 0.00684. The minimum Gasteiger partial charge on any atom is -0.489 e. The van der Waals surface area contributed by atoms with E-state index in [1.54, 1.807) is 29.2 Å². The smallest absolute Gasteiger partial charge is 0.231 e. The molecule has 0 spiro atoms. The van der Waals surface area contributed by atoms with Crippen LogP contribution in [0.25, 0.3) is 0 Å². The lowest BCUT2D eigenvalue weighted by atomic mass is 10.1. The van der Waals surface area contributed by atoms with Crippen LogP contribution in [0.2, 0.25) is 0 Å². The lowest BCUT2D eigenvalue weighted by molar-refractivity contribution is -0.122. The Morgan fingerprint density at radius 1 is 1.18 bits per heavy atom. The lowest BCUT2D eigenvalue weighted by Crippen LogP contribution is -2.28. The number of nitrogens with one attached hydrogen (secondary N) is 1. The number of anilines is 2. The van der Waals surface area contributed by atoms with Gasteiger partial charge in [0.05, 0.1) is 17.7 Å². The first kappa shape index (κ1) is 18.2. The molecule has 7 nitrogen and oxygen atoms in total. The van der Waals surface area contributed by atoms with Crippen LogP contribution in [0, 0.1) is 5.92 Å². The number of carbonyl (C=O) groups excluding carboxylic acids is 2. The topological polar surface area (TPSA) is 77.1 Å². The zero-order valence-electron chi connectivity index (χ0n) is 15.8. The van der Waals surface area contributed by atoms with Crippen LogP contribution in [0.3, 0.4) is 0 Å². The molecule has 1 unspecified atom stereocenters. The van der Waals surface area contributed by atoms with E-state index >= 15 is 0 Å². The molecule has 7 heteroatoms. The average Bonchev–Trinajstić information content (AvgIpc) is 3.28. The van der Waals surface area contributed by atoms with Crippen molar-refractivity contribution < 1.29 is 23.8 Å². The van der Waals surface area contributed by atoms with Crippen molar-refractivity contribution in [3.8, 4) is 17.2 Å². The maximum atomic E-state index is 12.8. The summed E-state index contributed by atoms with van der Waals surface area (Å²) in [6, 6.07) is 12.6. The standard InChI is InChI=1S/C21H22N2O5/c1-13(2)28-17-6-4-3-5-16(17)22-21(25)14-9-20(24)23(11-14)15-7-8-18-19(10-15)27-12-26-18/h3-8,10,13-14H,9,11-12H2,1-2H3,(H,22,25). The number of fused-ring (bicyclic) bond motifs is 1. The van der Waals surface area contributed by atoms with Crippen LogP contribution in [0.4, 0.5) is 11.4 Å². The zero-order chi connectivity index (χ0) is 19.7. The summed E-state index contributed by atoms with van der Waals surface area (Å²) in [6.07, 6.45) is 0.153. The second kappa shape index (κ2) is 7.42. The third-order valence-electron chi connectivity index (χ3n) is 4.67. The Balaban J connectivity index is 1.46. The van der Waals surface area contributed by atoms with Crippen molar-refractivity contribution in [1.29, 1.82) is 0 Å². The van der Waals surface area contributed by atoms with E-state index in [4.69, 9.17) is 14.2 Å². The van der Waals surface area contributed by atoms with Gasteiger partial charge < -0.3 is 24.4 Å². The van der Waals surface area contributed by atoms with Gasteiger partial charge in [0.1, 0.15) is 5.75 Å². The van der Waals surface area contributed by atoms with Gasteiger partial charge in [-0.15, -0.1) is 0 Å². The van der Waals surface area contributed by atoms with Crippen molar-refractivity contribution in [3.63, 3.8) is 0 Å². The molecule has 1 atom stereocenters. The fourth-order valence-corrected chi connectivity index (χ4v) is 3.35. The molecule has 0 bridgehead atoms. The number of carbonyl (C=O) groups is 2. The average molecular weight is 382 g/mol. The Hall–Kier alpha value is -3.22. The predicted octanol–water partition coefficient (Wildman–Crippen LogP) is 3.19. The third-order valence-corrected chi connectivity index (χ3v) is 4.67. The number of hydrogen-bond donors (Lipinski definition) is 1. The molecule has 28 heavy (non-hydrogen) atoms. The summed E-state index contributed by atoms with van der Waals surface area (Å²) in [6.45, 7) is 4.35. The van der Waals surface area contributed by atoms with E-state index in [-0.39, 0.29) is 31.1 Å². The minimum atomic E-state index is -0.440. The molecule has 0 aliphatic carbocycles. The Bertz CT molecular complexity index is 911. The number of amides is 2. The van der Waals surface area contributed by atoms with E-state index in [0.29, 0.717) is 35.2 Å². The Morgan fingerprint density at radius 2 is 1.96 bits per heavy atom. The number of rotatable bonds is 5. The van der Waals surface area contributed by atoms with Crippen molar-refractivity contribution >= 4 is 23.2 Å². The van der Waals surface area contributed by atoms with Gasteiger partial charge >= 0.3 is 0 Å². The molecule has 1 saturated heterocycles. The first-order chi connectivity index (χ1) is 13.5. The second-order valence-corrected chi connectivity index (χ2v) is 7.09. The summed E-state index contributed by atoms with van der Waals surface area (Å²) >= 11 is 0. The summed E-state index contributed by atoms with van der Waals surface area (Å²) in [5.41, 5.74) is 1.31. The van der Waals surface area contributed by atoms with Crippen molar-refractivity contribution in [1.82, 2.24) is 0 Å². The van der Waals surface area contributed by atoms with Crippen LogP contribution in [0.5, 0.6) is 17.2 Å². The van der Waals surface area contributed by atoms with E-state index in [2.05, 4.69) is 5.32 Å². The van der Waals surface area contributed by atoms with Gasteiger partial charge in [-0.3, -0.25) is 9.59 Å². The van der Waals surface area contributed by atoms with E-state index < -0.39 is 5.92 Å². The monoisotopic (exact) mass is 382 g/mol. The highest BCUT2D eigenvalue weighted by Crippen LogP contribution is 2.37. The highest BCUT2D eigenvalue weighted by molar-refractivity contribution is 6.04. The molecular weight excluding hydrogens is 360 g/mol. The van der Waals surface area contributed by atoms with Gasteiger partial charge in [0.2, 0.25) is 18.6 Å². The molecule has 2 amide bonds. The van der Waals surface area contributed by atoms with Gasteiger partial charge in [-0.25, -0.2) is 0 Å². The number of para-hydroxylation sites is 2. The molecule has 2 aromatic carbocycles. The first-order valence-electron chi connectivity index (χ1n) is 9.28. The third kappa shape index (κ3) is 3.60. The fourth-order valence-electron chi connectivity index (χ4n) is 3.35. The second-order valence-electron chi connectivity index (χ2n) is 7.09. The van der Waals surface area contributed by atoms with Gasteiger partial charge in [-0.05, 0) is 38.1 Å². The van der Waals surface area contributed by atoms with Gasteiger partial charge in [0.25, 0.3) is 0 Å². The number of benzene rings is 2. The zero-order valence-corrected chi connectivity index (χ0v) is 15.8.